The minimum absolute atomic E-state index is 0.0257. The van der Waals surface area contributed by atoms with Gasteiger partial charge < -0.3 is 43.9 Å². The Kier molecular flexibility index (Phi) is 24.6. The first-order valence-corrected chi connectivity index (χ1v) is 37.6. The number of fused-ring (bicyclic) bond motifs is 4. The molecule has 5 aromatic rings. The highest BCUT2D eigenvalue weighted by Crippen LogP contribution is 2.50. The lowest BCUT2D eigenvalue weighted by Crippen LogP contribution is -2.43. The van der Waals surface area contributed by atoms with Crippen molar-refractivity contribution in [2.75, 3.05) is 98.8 Å². The van der Waals surface area contributed by atoms with E-state index in [2.05, 4.69) is 97.7 Å². The Morgan fingerprint density at radius 2 is 0.957 bits per heavy atom. The molecule has 1 amide bonds. The maximum absolute atomic E-state index is 11.4. The summed E-state index contributed by atoms with van der Waals surface area (Å²) in [5.74, 6) is 10.4. The molecule has 12 heteroatoms. The third-order valence-electron chi connectivity index (χ3n) is 24.2. The highest BCUT2D eigenvalue weighted by molar-refractivity contribution is 6.33. The topological polar surface area (TPSA) is 79.0 Å². The minimum atomic E-state index is -0.0257. The number of benzene rings is 5. The summed E-state index contributed by atoms with van der Waals surface area (Å²) in [6, 6.07) is 40.2. The molecule has 10 nitrogen and oxygen atoms in total. The Morgan fingerprint density at radius 3 is 1.51 bits per heavy atom. The van der Waals surface area contributed by atoms with Gasteiger partial charge in [-0.25, -0.2) is 0 Å². The molecular weight excluding hydrogens is 1190 g/mol. The summed E-state index contributed by atoms with van der Waals surface area (Å²) in [4.78, 5) is 22.3. The number of nitrogens with zero attached hydrogens (tertiary/aromatic N) is 4. The predicted octanol–water partition coefficient (Wildman–Crippen LogP) is 18.6. The first kappa shape index (κ1) is 68.3. The van der Waals surface area contributed by atoms with Gasteiger partial charge in [-0.15, -0.1) is 0 Å². The van der Waals surface area contributed by atoms with E-state index in [-0.39, 0.29) is 5.91 Å². The van der Waals surface area contributed by atoms with Gasteiger partial charge in [0.15, 0.2) is 0 Å². The molecule has 0 spiro atoms. The molecule has 504 valence electrons. The van der Waals surface area contributed by atoms with Crippen LogP contribution in [0, 0.1) is 29.6 Å². The van der Waals surface area contributed by atoms with Crippen LogP contribution in [0.5, 0.6) is 17.2 Å². The fraction of sp³-hybridized carbons (Fsp3) is 0.617. The van der Waals surface area contributed by atoms with Gasteiger partial charge in [-0.1, -0.05) is 116 Å². The summed E-state index contributed by atoms with van der Waals surface area (Å²) in [5, 5.41) is 4.58. The van der Waals surface area contributed by atoms with Crippen molar-refractivity contribution in [2.45, 2.75) is 196 Å². The van der Waals surface area contributed by atoms with Crippen molar-refractivity contribution in [1.29, 1.82) is 0 Å². The number of ether oxygens (including phenoxy) is 4. The van der Waals surface area contributed by atoms with Crippen molar-refractivity contribution >= 4 is 34.8 Å². The number of likely N-dealkylation sites (tertiary alicyclic amines) is 4. The van der Waals surface area contributed by atoms with Gasteiger partial charge in [0.2, 0.25) is 5.91 Å². The summed E-state index contributed by atoms with van der Waals surface area (Å²) in [5.41, 5.74) is 8.82. The molecular formula is C81H111Cl2N5O5. The van der Waals surface area contributed by atoms with Crippen LogP contribution >= 0.6 is 23.2 Å². The van der Waals surface area contributed by atoms with E-state index in [4.69, 9.17) is 42.1 Å². The van der Waals surface area contributed by atoms with Gasteiger partial charge in [-0.2, -0.15) is 0 Å². The number of carbonyl (C=O) groups excluding carboxylic acids is 1. The second-order valence-corrected chi connectivity index (χ2v) is 30.5. The summed E-state index contributed by atoms with van der Waals surface area (Å²) < 4.78 is 22.1. The predicted molar refractivity (Wildman–Crippen MR) is 383 cm³/mol. The van der Waals surface area contributed by atoms with E-state index in [1.165, 1.54) is 240 Å². The van der Waals surface area contributed by atoms with Gasteiger partial charge in [0.25, 0.3) is 0 Å². The molecule has 5 heterocycles. The maximum Gasteiger partial charge on any atom is 0.221 e. The molecule has 1 N–H and O–H groups in total. The van der Waals surface area contributed by atoms with Crippen molar-refractivity contribution in [3.8, 4) is 28.4 Å². The lowest BCUT2D eigenvalue weighted by atomic mass is 9.83. The molecule has 10 aliphatic rings. The molecule has 0 aromatic heterocycles. The van der Waals surface area contributed by atoms with Gasteiger partial charge in [-0.3, -0.25) is 4.79 Å². The number of hydrogen-bond acceptors (Lipinski definition) is 9. The lowest BCUT2D eigenvalue weighted by molar-refractivity contribution is -0.114. The molecule has 0 unspecified atom stereocenters. The Morgan fingerprint density at radius 1 is 0.473 bits per heavy atom. The first-order valence-electron chi connectivity index (χ1n) is 36.9. The molecule has 5 aliphatic heterocycles. The third kappa shape index (κ3) is 17.6. The molecule has 4 bridgehead atoms. The molecule has 15 rings (SSSR count). The average molecular weight is 1310 g/mol. The summed E-state index contributed by atoms with van der Waals surface area (Å²) in [6.45, 7) is 14.6. The number of rotatable bonds is 14. The molecule has 10 fully saturated rings. The van der Waals surface area contributed by atoms with E-state index in [1.54, 1.807) is 28.3 Å². The van der Waals surface area contributed by atoms with E-state index in [9.17, 15) is 4.79 Å². The Hall–Kier alpha value is -4.65. The van der Waals surface area contributed by atoms with Gasteiger partial charge in [0, 0.05) is 66.1 Å². The molecule has 5 saturated heterocycles. The number of hydrogen-bond donors (Lipinski definition) is 1. The van der Waals surface area contributed by atoms with E-state index in [0.29, 0.717) is 23.7 Å². The van der Waals surface area contributed by atoms with Crippen LogP contribution in [0.2, 0.25) is 10.0 Å². The zero-order valence-electron chi connectivity index (χ0n) is 56.9. The van der Waals surface area contributed by atoms with Crippen LogP contribution in [0.4, 0.5) is 5.69 Å². The Bertz CT molecular complexity index is 3140. The quantitative estimate of drug-likeness (QED) is 0.117. The number of anilines is 1. The maximum atomic E-state index is 11.4. The molecule has 93 heavy (non-hydrogen) atoms. The van der Waals surface area contributed by atoms with Gasteiger partial charge in [0.05, 0.1) is 21.3 Å². The van der Waals surface area contributed by atoms with Crippen molar-refractivity contribution in [1.82, 2.24) is 19.6 Å². The van der Waals surface area contributed by atoms with E-state index >= 15 is 0 Å². The number of nitrogens with one attached hydrogen (secondary N) is 1. The highest BCUT2D eigenvalue weighted by atomic mass is 35.5. The fourth-order valence-corrected chi connectivity index (χ4v) is 19.7. The SMILES string of the molecule is COc1ccc(Cl)cc1C1CCN(CC2CCCCC2)CC1.COc1ccc(NC(C)=O)cc1C1CCN([C@H]2C[C@H]3CC[C@H]2C3)CC1.COc1ccccc1C1CCN(C2CCOCC2)CC1.Clc1ccccc1-c1ccccc1C1CCN([C@H]2C[C@H]3CC[C@H]2C3)CC1. The first-order chi connectivity index (χ1) is 45.6. The zero-order chi connectivity index (χ0) is 64.0. The lowest BCUT2D eigenvalue weighted by Gasteiger charge is -2.40. The van der Waals surface area contributed by atoms with Crippen LogP contribution in [0.3, 0.4) is 0 Å². The second-order valence-electron chi connectivity index (χ2n) is 29.7. The van der Waals surface area contributed by atoms with Crippen LogP contribution in [0.1, 0.15) is 201 Å². The number of methoxy groups -OCH3 is 3. The Labute approximate surface area is 569 Å². The van der Waals surface area contributed by atoms with E-state index in [1.807, 2.05) is 36.4 Å². The monoisotopic (exact) mass is 1300 g/mol. The molecule has 6 atom stereocenters. The highest BCUT2D eigenvalue weighted by Gasteiger charge is 2.45. The van der Waals surface area contributed by atoms with Crippen molar-refractivity contribution in [2.24, 2.45) is 29.6 Å². The fourth-order valence-electron chi connectivity index (χ4n) is 19.3. The summed E-state index contributed by atoms with van der Waals surface area (Å²) in [6.07, 6.45) is 31.4. The normalized spacial score (nSPS) is 26.3. The number of halogens is 2. The van der Waals surface area contributed by atoms with Crippen LogP contribution in [-0.2, 0) is 9.53 Å². The minimum Gasteiger partial charge on any atom is -0.496 e. The zero-order valence-corrected chi connectivity index (χ0v) is 58.5. The van der Waals surface area contributed by atoms with Gasteiger partial charge >= 0.3 is 0 Å². The van der Waals surface area contributed by atoms with Crippen molar-refractivity contribution < 1.29 is 23.7 Å². The number of amides is 1. The van der Waals surface area contributed by atoms with E-state index in [0.717, 1.165) is 93.9 Å². The van der Waals surface area contributed by atoms with Gasteiger partial charge in [0.1, 0.15) is 17.2 Å². The third-order valence-corrected chi connectivity index (χ3v) is 24.8. The Balaban J connectivity index is 0.000000120. The van der Waals surface area contributed by atoms with Crippen LogP contribution in [0.25, 0.3) is 11.1 Å². The molecule has 5 aromatic carbocycles. The van der Waals surface area contributed by atoms with Crippen molar-refractivity contribution in [3.63, 3.8) is 0 Å². The summed E-state index contributed by atoms with van der Waals surface area (Å²) in [7, 11) is 5.27. The van der Waals surface area contributed by atoms with Crippen LogP contribution in [-0.4, -0.2) is 137 Å². The number of carbonyl (C=O) groups is 1. The van der Waals surface area contributed by atoms with E-state index < -0.39 is 0 Å². The number of para-hydroxylation sites is 1. The van der Waals surface area contributed by atoms with Crippen LogP contribution in [0.15, 0.2) is 109 Å². The standard InChI is InChI=1S/C24H28ClN.C21H30N2O2.C19H28ClNO.C17H25NO2/c25-23-8-4-3-7-22(23)21-6-2-1-5-20(21)18-11-13-26(14-12-18)24-16-17-9-10-19(24)15-17;1-14(24)22-18-5-6-21(25-2)19(13-18)16-7-9-23(10-8-16)20-12-15-3-4-17(20)11-15;1-22-19-8-7-17(20)13-18(19)16-9-11-21(12-10-16)14-15-5-3-2-4-6-15;1-19-17-5-3-2-4-16(17)14-6-10-18(11-7-14)15-8-12-20-13-9-15/h1-8,17-19,24H,9-16H2;5-6,13,15-17,20H,3-4,7-12H2,1-2H3,(H,22,24);7-8,13,15-16H,2-6,9-12,14H2,1H3;2-5,14-15H,6-13H2,1H3/t17-,19-,24-;15-,17-,20-;;/m00../s1. The molecule has 5 saturated carbocycles. The largest absolute Gasteiger partial charge is 0.496 e. The summed E-state index contributed by atoms with van der Waals surface area (Å²) >= 11 is 12.7. The van der Waals surface area contributed by atoms with Crippen molar-refractivity contribution in [3.05, 3.63) is 141 Å². The molecule has 0 radical (unpaired) electrons. The second kappa shape index (κ2) is 33.5. The van der Waals surface area contributed by atoms with Gasteiger partial charge in [-0.05, 0) is 298 Å². The van der Waals surface area contributed by atoms with Crippen LogP contribution < -0.4 is 19.5 Å². The smallest absolute Gasteiger partial charge is 0.221 e. The molecule has 5 aliphatic carbocycles. The average Bonchev–Trinajstić information content (AvgIpc) is 1.84. The number of piperidine rings is 4.